The van der Waals surface area contributed by atoms with E-state index in [-0.39, 0.29) is 17.2 Å². The van der Waals surface area contributed by atoms with Crippen LogP contribution in [0.5, 0.6) is 5.75 Å². The monoisotopic (exact) mass is 301 g/mol. The van der Waals surface area contributed by atoms with E-state index in [2.05, 4.69) is 17.2 Å². The zero-order chi connectivity index (χ0) is 15.7. The summed E-state index contributed by atoms with van der Waals surface area (Å²) in [7, 11) is 0. The Bertz CT molecular complexity index is 660. The second kappa shape index (κ2) is 5.64. The van der Waals surface area contributed by atoms with Gasteiger partial charge in [0.1, 0.15) is 16.9 Å². The average Bonchev–Trinajstić information content (AvgIpc) is 2.96. The molecule has 3 rings (SSSR count). The lowest BCUT2D eigenvalue weighted by Gasteiger charge is -2.37. The van der Waals surface area contributed by atoms with Gasteiger partial charge < -0.3 is 20.6 Å². The number of aromatic hydroxyl groups is 1. The Balaban J connectivity index is 1.88. The van der Waals surface area contributed by atoms with E-state index in [1.807, 2.05) is 0 Å². The fourth-order valence-electron chi connectivity index (χ4n) is 3.54. The van der Waals surface area contributed by atoms with Gasteiger partial charge in [-0.2, -0.15) is 0 Å². The van der Waals surface area contributed by atoms with Crippen molar-refractivity contribution in [3.8, 4) is 17.6 Å². The van der Waals surface area contributed by atoms with Crippen LogP contribution in [0.25, 0.3) is 0 Å². The minimum Gasteiger partial charge on any atom is -0.507 e. The highest BCUT2D eigenvalue weighted by atomic mass is 16.4. The number of benzene rings is 1. The van der Waals surface area contributed by atoms with Crippen molar-refractivity contribution in [1.29, 1.82) is 0 Å². The van der Waals surface area contributed by atoms with Crippen LogP contribution in [0, 0.1) is 17.8 Å². The maximum Gasteiger partial charge on any atom is 0.339 e. The smallest absolute Gasteiger partial charge is 0.339 e. The van der Waals surface area contributed by atoms with Crippen molar-refractivity contribution in [3.05, 3.63) is 29.3 Å². The fraction of sp³-hybridized carbons (Fsp3) is 0.471. The SMILES string of the molecule is O=C(O)c1cc(C#C[C@]2(O)CCC[C@H]3NCC[C@H]32)ccc1O. The molecule has 0 amide bonds. The summed E-state index contributed by atoms with van der Waals surface area (Å²) >= 11 is 0. The molecule has 3 atom stereocenters. The number of hydrogen-bond donors (Lipinski definition) is 4. The number of carbonyl (C=O) groups is 1. The van der Waals surface area contributed by atoms with E-state index in [1.54, 1.807) is 6.07 Å². The van der Waals surface area contributed by atoms with Gasteiger partial charge in [0.25, 0.3) is 0 Å². The van der Waals surface area contributed by atoms with Gasteiger partial charge in [0.15, 0.2) is 0 Å². The molecule has 1 saturated heterocycles. The molecule has 1 aromatic rings. The first-order chi connectivity index (χ1) is 10.5. The van der Waals surface area contributed by atoms with Crippen LogP contribution < -0.4 is 5.32 Å². The molecule has 5 nitrogen and oxygen atoms in total. The lowest BCUT2D eigenvalue weighted by Crippen LogP contribution is -2.47. The van der Waals surface area contributed by atoms with Gasteiger partial charge >= 0.3 is 5.97 Å². The number of nitrogens with one attached hydrogen (secondary N) is 1. The maximum atomic E-state index is 11.0. The number of carboxylic acid groups (broad SMARTS) is 1. The maximum absolute atomic E-state index is 11.0. The zero-order valence-electron chi connectivity index (χ0n) is 12.2. The van der Waals surface area contributed by atoms with E-state index in [1.165, 1.54) is 12.1 Å². The van der Waals surface area contributed by atoms with E-state index in [0.29, 0.717) is 18.0 Å². The molecule has 1 aliphatic heterocycles. The Morgan fingerprint density at radius 2 is 2.18 bits per heavy atom. The van der Waals surface area contributed by atoms with Crippen molar-refractivity contribution in [2.75, 3.05) is 6.54 Å². The van der Waals surface area contributed by atoms with Crippen molar-refractivity contribution in [2.45, 2.75) is 37.3 Å². The summed E-state index contributed by atoms with van der Waals surface area (Å²) < 4.78 is 0. The van der Waals surface area contributed by atoms with Crippen LogP contribution in [0.4, 0.5) is 0 Å². The van der Waals surface area contributed by atoms with Crippen LogP contribution in [0.2, 0.25) is 0 Å². The molecule has 0 spiro atoms. The third kappa shape index (κ3) is 2.68. The quantitative estimate of drug-likeness (QED) is 0.588. The molecular weight excluding hydrogens is 282 g/mol. The highest BCUT2D eigenvalue weighted by molar-refractivity contribution is 5.91. The summed E-state index contributed by atoms with van der Waals surface area (Å²) in [6, 6.07) is 4.53. The number of carboxylic acids is 1. The van der Waals surface area contributed by atoms with Crippen LogP contribution in [-0.2, 0) is 0 Å². The average molecular weight is 301 g/mol. The van der Waals surface area contributed by atoms with Gasteiger partial charge in [-0.05, 0) is 50.4 Å². The molecule has 1 heterocycles. The minimum absolute atomic E-state index is 0.129. The van der Waals surface area contributed by atoms with E-state index < -0.39 is 11.6 Å². The van der Waals surface area contributed by atoms with Crippen LogP contribution in [0.15, 0.2) is 18.2 Å². The number of hydrogen-bond acceptors (Lipinski definition) is 4. The van der Waals surface area contributed by atoms with Crippen molar-refractivity contribution >= 4 is 5.97 Å². The second-order valence-electron chi connectivity index (χ2n) is 6.06. The predicted molar refractivity (Wildman–Crippen MR) is 80.6 cm³/mol. The van der Waals surface area contributed by atoms with Crippen molar-refractivity contribution < 1.29 is 20.1 Å². The topological polar surface area (TPSA) is 89.8 Å². The molecule has 1 aliphatic carbocycles. The highest BCUT2D eigenvalue weighted by Gasteiger charge is 2.45. The summed E-state index contributed by atoms with van der Waals surface area (Å²) in [6.45, 7) is 0.904. The van der Waals surface area contributed by atoms with E-state index >= 15 is 0 Å². The molecular formula is C17H19NO4. The van der Waals surface area contributed by atoms with Gasteiger partial charge in [-0.15, -0.1) is 0 Å². The Labute approximate surface area is 129 Å². The Hall–Kier alpha value is -2.03. The molecule has 1 aromatic carbocycles. The minimum atomic E-state index is -1.20. The standard InChI is InChI=1S/C17H19NO4/c19-15-4-3-11(10-12(15)16(20)21)5-8-17(22)7-1-2-14-13(17)6-9-18-14/h3-4,10,13-14,18-19,22H,1-2,6-7,9H2,(H,20,21)/t13-,14-,17-/m1/s1. The van der Waals surface area contributed by atoms with Gasteiger partial charge in [0.2, 0.25) is 0 Å². The predicted octanol–water partition coefficient (Wildman–Crippen LogP) is 1.33. The molecule has 116 valence electrons. The first-order valence-electron chi connectivity index (χ1n) is 7.55. The molecule has 1 saturated carbocycles. The van der Waals surface area contributed by atoms with Crippen molar-refractivity contribution in [2.24, 2.45) is 5.92 Å². The third-order valence-electron chi connectivity index (χ3n) is 4.68. The Morgan fingerprint density at radius 3 is 2.95 bits per heavy atom. The van der Waals surface area contributed by atoms with Gasteiger partial charge in [-0.25, -0.2) is 4.79 Å². The summed E-state index contributed by atoms with van der Waals surface area (Å²) in [5.74, 6) is 4.50. The van der Waals surface area contributed by atoms with Crippen LogP contribution in [0.1, 0.15) is 41.6 Å². The van der Waals surface area contributed by atoms with Crippen molar-refractivity contribution in [1.82, 2.24) is 5.32 Å². The zero-order valence-corrected chi connectivity index (χ0v) is 12.2. The van der Waals surface area contributed by atoms with Gasteiger partial charge in [0.05, 0.1) is 0 Å². The van der Waals surface area contributed by atoms with Crippen molar-refractivity contribution in [3.63, 3.8) is 0 Å². The molecule has 4 N–H and O–H groups in total. The highest BCUT2D eigenvalue weighted by Crippen LogP contribution is 2.38. The molecule has 5 heteroatoms. The fourth-order valence-corrected chi connectivity index (χ4v) is 3.54. The first kappa shape index (κ1) is 14.9. The number of fused-ring (bicyclic) bond motifs is 1. The second-order valence-corrected chi connectivity index (χ2v) is 6.06. The van der Waals surface area contributed by atoms with Crippen LogP contribution in [-0.4, -0.2) is 39.5 Å². The number of phenols is 1. The molecule has 0 radical (unpaired) electrons. The molecule has 2 aliphatic rings. The van der Waals surface area contributed by atoms with E-state index in [9.17, 15) is 15.0 Å². The van der Waals surface area contributed by atoms with E-state index in [4.69, 9.17) is 5.11 Å². The molecule has 0 aromatic heterocycles. The van der Waals surface area contributed by atoms with Gasteiger partial charge in [0, 0.05) is 17.5 Å². The Kier molecular flexibility index (Phi) is 3.81. The lowest BCUT2D eigenvalue weighted by molar-refractivity contribution is 0.000964. The molecule has 0 bridgehead atoms. The molecule has 2 fully saturated rings. The third-order valence-corrected chi connectivity index (χ3v) is 4.68. The van der Waals surface area contributed by atoms with Crippen LogP contribution >= 0.6 is 0 Å². The van der Waals surface area contributed by atoms with Gasteiger partial charge in [-0.1, -0.05) is 11.8 Å². The van der Waals surface area contributed by atoms with E-state index in [0.717, 1.165) is 25.8 Å². The molecule has 0 unspecified atom stereocenters. The Morgan fingerprint density at radius 1 is 1.36 bits per heavy atom. The summed E-state index contributed by atoms with van der Waals surface area (Å²) in [5.41, 5.74) is -0.715. The molecule has 22 heavy (non-hydrogen) atoms. The number of aliphatic hydroxyl groups is 1. The normalized spacial score (nSPS) is 30.2. The summed E-state index contributed by atoms with van der Waals surface area (Å²) in [5, 5.41) is 32.8. The number of aromatic carboxylic acids is 1. The number of rotatable bonds is 1. The first-order valence-corrected chi connectivity index (χ1v) is 7.55. The summed E-state index contributed by atoms with van der Waals surface area (Å²) in [4.78, 5) is 11.0. The van der Waals surface area contributed by atoms with Crippen LogP contribution in [0.3, 0.4) is 0 Å². The largest absolute Gasteiger partial charge is 0.507 e. The summed E-state index contributed by atoms with van der Waals surface area (Å²) in [6.07, 6.45) is 3.55. The van der Waals surface area contributed by atoms with Gasteiger partial charge in [-0.3, -0.25) is 0 Å². The lowest BCUT2D eigenvalue weighted by atomic mass is 9.73.